The minimum Gasteiger partial charge on any atom is -0.382 e. The molecule has 1 atom stereocenters. The van der Waals surface area contributed by atoms with Crippen LogP contribution in [0.4, 0.5) is 0 Å². The molecule has 0 aromatic heterocycles. The maximum Gasteiger partial charge on any atom is 0.147 e. The first-order valence-corrected chi connectivity index (χ1v) is 7.03. The molecule has 86 valence electrons. The van der Waals surface area contributed by atoms with Gasteiger partial charge in [-0.3, -0.25) is 0 Å². The SMILES string of the molecule is CCOCCCC(N)CCS(C)(=O)=O. The van der Waals surface area contributed by atoms with Crippen molar-refractivity contribution in [2.24, 2.45) is 5.73 Å². The van der Waals surface area contributed by atoms with E-state index in [1.807, 2.05) is 6.92 Å². The minimum atomic E-state index is -2.87. The highest BCUT2D eigenvalue weighted by molar-refractivity contribution is 7.90. The Morgan fingerprint density at radius 1 is 1.36 bits per heavy atom. The van der Waals surface area contributed by atoms with Gasteiger partial charge >= 0.3 is 0 Å². The van der Waals surface area contributed by atoms with E-state index >= 15 is 0 Å². The molecule has 0 rings (SSSR count). The van der Waals surface area contributed by atoms with Crippen molar-refractivity contribution in [3.63, 3.8) is 0 Å². The van der Waals surface area contributed by atoms with E-state index in [0.717, 1.165) is 19.4 Å². The van der Waals surface area contributed by atoms with E-state index in [9.17, 15) is 8.42 Å². The van der Waals surface area contributed by atoms with Crippen molar-refractivity contribution in [3.05, 3.63) is 0 Å². The number of hydrogen-bond acceptors (Lipinski definition) is 4. The van der Waals surface area contributed by atoms with Crippen LogP contribution in [0.15, 0.2) is 0 Å². The Morgan fingerprint density at radius 3 is 2.50 bits per heavy atom. The van der Waals surface area contributed by atoms with Crippen LogP contribution in [0.2, 0.25) is 0 Å². The summed E-state index contributed by atoms with van der Waals surface area (Å²) in [7, 11) is -2.87. The molecule has 0 bridgehead atoms. The molecule has 2 N–H and O–H groups in total. The van der Waals surface area contributed by atoms with E-state index in [-0.39, 0.29) is 11.8 Å². The molecule has 1 unspecified atom stereocenters. The summed E-state index contributed by atoms with van der Waals surface area (Å²) in [5.41, 5.74) is 5.74. The lowest BCUT2D eigenvalue weighted by atomic mass is 10.1. The van der Waals surface area contributed by atoms with Gasteiger partial charge in [0.1, 0.15) is 9.84 Å². The number of sulfone groups is 1. The predicted molar refractivity (Wildman–Crippen MR) is 58.0 cm³/mol. The summed E-state index contributed by atoms with van der Waals surface area (Å²) in [6.07, 6.45) is 3.51. The number of hydrogen-bond donors (Lipinski definition) is 1. The molecular weight excluding hydrogens is 202 g/mol. The molecule has 0 aliphatic heterocycles. The highest BCUT2D eigenvalue weighted by atomic mass is 32.2. The largest absolute Gasteiger partial charge is 0.382 e. The van der Waals surface area contributed by atoms with Crippen molar-refractivity contribution < 1.29 is 13.2 Å². The first-order valence-electron chi connectivity index (χ1n) is 4.96. The summed E-state index contributed by atoms with van der Waals surface area (Å²) in [6, 6.07) is -0.0230. The van der Waals surface area contributed by atoms with E-state index in [1.54, 1.807) is 0 Å². The lowest BCUT2D eigenvalue weighted by molar-refractivity contribution is 0.142. The molecule has 0 spiro atoms. The topological polar surface area (TPSA) is 69.4 Å². The van der Waals surface area contributed by atoms with Gasteiger partial charge in [0.15, 0.2) is 0 Å². The molecule has 14 heavy (non-hydrogen) atoms. The molecule has 4 nitrogen and oxygen atoms in total. The molecule has 0 radical (unpaired) electrons. The van der Waals surface area contributed by atoms with Crippen molar-refractivity contribution in [3.8, 4) is 0 Å². The van der Waals surface area contributed by atoms with Crippen LogP contribution >= 0.6 is 0 Å². The average Bonchev–Trinajstić information content (AvgIpc) is 2.08. The minimum absolute atomic E-state index is 0.0230. The lowest BCUT2D eigenvalue weighted by Gasteiger charge is -2.10. The van der Waals surface area contributed by atoms with Gasteiger partial charge in [-0.2, -0.15) is 0 Å². The van der Waals surface area contributed by atoms with E-state index < -0.39 is 9.84 Å². The zero-order valence-electron chi connectivity index (χ0n) is 9.03. The standard InChI is InChI=1S/C9H21NO3S/c1-3-13-7-4-5-9(10)6-8-14(2,11)12/h9H,3-8,10H2,1-2H3. The summed E-state index contributed by atoms with van der Waals surface area (Å²) in [5.74, 6) is 0.183. The second-order valence-corrected chi connectivity index (χ2v) is 5.78. The number of rotatable bonds is 8. The molecule has 0 aliphatic carbocycles. The van der Waals surface area contributed by atoms with Crippen LogP contribution in [0.3, 0.4) is 0 Å². The predicted octanol–water partition coefficient (Wildman–Crippen LogP) is 0.565. The third kappa shape index (κ3) is 9.95. The van der Waals surface area contributed by atoms with Crippen LogP contribution in [-0.2, 0) is 14.6 Å². The van der Waals surface area contributed by atoms with Crippen LogP contribution < -0.4 is 5.73 Å². The first-order chi connectivity index (χ1) is 6.45. The fourth-order valence-electron chi connectivity index (χ4n) is 1.10. The molecule has 0 amide bonds. The van der Waals surface area contributed by atoms with Crippen molar-refractivity contribution in [1.82, 2.24) is 0 Å². The van der Waals surface area contributed by atoms with E-state index in [1.165, 1.54) is 6.26 Å². The van der Waals surface area contributed by atoms with Crippen molar-refractivity contribution in [2.45, 2.75) is 32.2 Å². The third-order valence-electron chi connectivity index (χ3n) is 1.93. The maximum absolute atomic E-state index is 10.8. The van der Waals surface area contributed by atoms with Gasteiger partial charge in [0.2, 0.25) is 0 Å². The molecule has 0 saturated carbocycles. The zero-order chi connectivity index (χ0) is 11.0. The second-order valence-electron chi connectivity index (χ2n) is 3.52. The van der Waals surface area contributed by atoms with Gasteiger partial charge in [-0.1, -0.05) is 0 Å². The quantitative estimate of drug-likeness (QED) is 0.611. The molecule has 0 fully saturated rings. The van der Waals surface area contributed by atoms with E-state index in [2.05, 4.69) is 0 Å². The van der Waals surface area contributed by atoms with Crippen LogP contribution in [0, 0.1) is 0 Å². The summed E-state index contributed by atoms with van der Waals surface area (Å²) >= 11 is 0. The van der Waals surface area contributed by atoms with E-state index in [0.29, 0.717) is 13.0 Å². The second kappa shape index (κ2) is 7.20. The van der Waals surface area contributed by atoms with Crippen molar-refractivity contribution >= 4 is 9.84 Å². The van der Waals surface area contributed by atoms with Crippen LogP contribution in [0.25, 0.3) is 0 Å². The monoisotopic (exact) mass is 223 g/mol. The van der Waals surface area contributed by atoms with E-state index in [4.69, 9.17) is 10.5 Å². The Bertz CT molecular complexity index is 226. The number of nitrogens with two attached hydrogens (primary N) is 1. The molecular formula is C9H21NO3S. The van der Waals surface area contributed by atoms with Gasteiger partial charge in [-0.15, -0.1) is 0 Å². The maximum atomic E-state index is 10.8. The lowest BCUT2D eigenvalue weighted by Crippen LogP contribution is -2.23. The van der Waals surface area contributed by atoms with Gasteiger partial charge in [0, 0.05) is 25.5 Å². The van der Waals surface area contributed by atoms with Gasteiger partial charge in [-0.05, 0) is 26.2 Å². The molecule has 0 heterocycles. The fourth-order valence-corrected chi connectivity index (χ4v) is 1.83. The van der Waals surface area contributed by atoms with Crippen LogP contribution in [0.5, 0.6) is 0 Å². The third-order valence-corrected chi connectivity index (χ3v) is 2.90. The summed E-state index contributed by atoms with van der Waals surface area (Å²) < 4.78 is 26.8. The fraction of sp³-hybridized carbons (Fsp3) is 1.00. The molecule has 0 aromatic carbocycles. The number of ether oxygens (including phenoxy) is 1. The Hall–Kier alpha value is -0.130. The highest BCUT2D eigenvalue weighted by Gasteiger charge is 2.07. The Labute approximate surface area is 86.7 Å². The normalized spacial score (nSPS) is 14.2. The molecule has 0 saturated heterocycles. The summed E-state index contributed by atoms with van der Waals surface area (Å²) in [4.78, 5) is 0. The Kier molecular flexibility index (Phi) is 7.13. The zero-order valence-corrected chi connectivity index (χ0v) is 9.85. The first kappa shape index (κ1) is 13.9. The molecule has 5 heteroatoms. The van der Waals surface area contributed by atoms with Crippen molar-refractivity contribution in [1.29, 1.82) is 0 Å². The molecule has 0 aliphatic rings. The van der Waals surface area contributed by atoms with Gasteiger partial charge < -0.3 is 10.5 Å². The summed E-state index contributed by atoms with van der Waals surface area (Å²) in [5, 5.41) is 0. The van der Waals surface area contributed by atoms with Crippen molar-refractivity contribution in [2.75, 3.05) is 25.2 Å². The Morgan fingerprint density at radius 2 is 2.00 bits per heavy atom. The van der Waals surface area contributed by atoms with Gasteiger partial charge in [0.05, 0.1) is 5.75 Å². The highest BCUT2D eigenvalue weighted by Crippen LogP contribution is 2.01. The Balaban J connectivity index is 3.42. The smallest absolute Gasteiger partial charge is 0.147 e. The van der Waals surface area contributed by atoms with Gasteiger partial charge in [-0.25, -0.2) is 8.42 Å². The summed E-state index contributed by atoms with van der Waals surface area (Å²) in [6.45, 7) is 3.38. The average molecular weight is 223 g/mol. The van der Waals surface area contributed by atoms with Crippen LogP contribution in [0.1, 0.15) is 26.2 Å². The molecule has 0 aromatic rings. The van der Waals surface area contributed by atoms with Crippen LogP contribution in [-0.4, -0.2) is 39.7 Å². The van der Waals surface area contributed by atoms with Gasteiger partial charge in [0.25, 0.3) is 0 Å².